The maximum absolute atomic E-state index is 13.3. The van der Waals surface area contributed by atoms with Crippen molar-refractivity contribution in [1.82, 2.24) is 14.8 Å². The van der Waals surface area contributed by atoms with Gasteiger partial charge in [0.05, 0.1) is 0 Å². The summed E-state index contributed by atoms with van der Waals surface area (Å²) in [5.41, 5.74) is 1.61. The Morgan fingerprint density at radius 3 is 2.46 bits per heavy atom. The van der Waals surface area contributed by atoms with E-state index in [1.807, 2.05) is 30.8 Å². The molecule has 0 radical (unpaired) electrons. The van der Waals surface area contributed by atoms with Gasteiger partial charge in [-0.2, -0.15) is 5.10 Å². The fourth-order valence-electron chi connectivity index (χ4n) is 2.62. The van der Waals surface area contributed by atoms with Crippen LogP contribution in [0.3, 0.4) is 0 Å². The van der Waals surface area contributed by atoms with Gasteiger partial charge < -0.3 is 10.4 Å². The van der Waals surface area contributed by atoms with Crippen LogP contribution in [0.1, 0.15) is 33.7 Å². The van der Waals surface area contributed by atoms with Crippen LogP contribution in [0.5, 0.6) is 0 Å². The van der Waals surface area contributed by atoms with Crippen molar-refractivity contribution in [2.45, 2.75) is 39.3 Å². The van der Waals surface area contributed by atoms with Crippen LogP contribution < -0.4 is 5.32 Å². The van der Waals surface area contributed by atoms with Crippen molar-refractivity contribution in [3.63, 3.8) is 0 Å². The molecular formula is C21H23FN4O2. The molecule has 1 aromatic carbocycles. The largest absolute Gasteiger partial charge is 0.381 e. The van der Waals surface area contributed by atoms with Gasteiger partial charge in [0.1, 0.15) is 22.9 Å². The minimum atomic E-state index is -1.51. The number of rotatable bonds is 5. The molecule has 0 atom stereocenters. The zero-order valence-electron chi connectivity index (χ0n) is 16.3. The van der Waals surface area contributed by atoms with Gasteiger partial charge in [-0.25, -0.2) is 9.37 Å². The van der Waals surface area contributed by atoms with Crippen molar-refractivity contribution in [2.24, 2.45) is 0 Å². The molecule has 2 N–H and O–H groups in total. The predicted octanol–water partition coefficient (Wildman–Crippen LogP) is 4.04. The highest BCUT2D eigenvalue weighted by Gasteiger charge is 2.24. The number of pyridine rings is 1. The van der Waals surface area contributed by atoms with E-state index < -0.39 is 11.5 Å². The summed E-state index contributed by atoms with van der Waals surface area (Å²) in [6, 6.07) is 9.84. The third-order valence-electron chi connectivity index (χ3n) is 4.25. The van der Waals surface area contributed by atoms with E-state index in [2.05, 4.69) is 15.4 Å². The summed E-state index contributed by atoms with van der Waals surface area (Å²) in [6.07, 6.45) is 3.50. The second kappa shape index (κ2) is 7.52. The second-order valence-corrected chi connectivity index (χ2v) is 7.41. The Hall–Kier alpha value is -3.06. The first-order valence-corrected chi connectivity index (χ1v) is 9.00. The van der Waals surface area contributed by atoms with E-state index in [0.717, 1.165) is 16.7 Å². The number of aromatic nitrogens is 3. The molecule has 2 heterocycles. The molecule has 0 spiro atoms. The number of halogens is 1. The molecule has 0 bridgehead atoms. The average Bonchev–Trinajstić information content (AvgIpc) is 3.07. The van der Waals surface area contributed by atoms with Gasteiger partial charge >= 0.3 is 0 Å². The maximum Gasteiger partial charge on any atom is 0.256 e. The van der Waals surface area contributed by atoms with Gasteiger partial charge in [0, 0.05) is 29.6 Å². The number of amides is 1. The Bertz CT molecular complexity index is 988. The number of nitrogens with one attached hydrogen (secondary N) is 1. The molecular weight excluding hydrogens is 359 g/mol. The first-order valence-electron chi connectivity index (χ1n) is 9.00. The van der Waals surface area contributed by atoms with Crippen LogP contribution in [0, 0.1) is 5.82 Å². The van der Waals surface area contributed by atoms with Gasteiger partial charge in [0.25, 0.3) is 5.91 Å². The smallest absolute Gasteiger partial charge is 0.256 e. The van der Waals surface area contributed by atoms with Crippen LogP contribution in [0.4, 0.5) is 10.2 Å². The summed E-state index contributed by atoms with van der Waals surface area (Å²) in [4.78, 5) is 16.2. The van der Waals surface area contributed by atoms with Crippen molar-refractivity contribution < 1.29 is 14.3 Å². The van der Waals surface area contributed by atoms with Crippen LogP contribution in [-0.2, 0) is 4.79 Å². The van der Waals surface area contributed by atoms with E-state index in [4.69, 9.17) is 0 Å². The molecule has 28 heavy (non-hydrogen) atoms. The Morgan fingerprint density at radius 1 is 1.18 bits per heavy atom. The van der Waals surface area contributed by atoms with Crippen LogP contribution in [0.25, 0.3) is 22.4 Å². The van der Waals surface area contributed by atoms with Gasteiger partial charge in [-0.1, -0.05) is 0 Å². The number of hydrogen-bond donors (Lipinski definition) is 2. The van der Waals surface area contributed by atoms with Gasteiger partial charge in [-0.3, -0.25) is 9.48 Å². The van der Waals surface area contributed by atoms with Gasteiger partial charge in [-0.05, 0) is 69.7 Å². The highest BCUT2D eigenvalue weighted by atomic mass is 19.1. The predicted molar refractivity (Wildman–Crippen MR) is 106 cm³/mol. The first kappa shape index (κ1) is 19.7. The van der Waals surface area contributed by atoms with Crippen LogP contribution in [0.2, 0.25) is 0 Å². The molecule has 3 aromatic rings. The number of carbonyl (C=O) groups is 1. The fraction of sp³-hybridized carbons (Fsp3) is 0.286. The second-order valence-electron chi connectivity index (χ2n) is 7.41. The SMILES string of the molecule is CC(C)n1cc(-c2ccnc(NC(=O)C(C)(C)O)c2)c(-c2ccc(F)cc2)n1. The summed E-state index contributed by atoms with van der Waals surface area (Å²) in [5.74, 6) is -0.533. The minimum absolute atomic E-state index is 0.143. The Balaban J connectivity index is 2.04. The van der Waals surface area contributed by atoms with E-state index in [1.54, 1.807) is 24.4 Å². The number of carbonyl (C=O) groups excluding carboxylic acids is 1. The topological polar surface area (TPSA) is 80.0 Å². The number of aliphatic hydroxyl groups is 1. The monoisotopic (exact) mass is 382 g/mol. The van der Waals surface area contributed by atoms with E-state index in [-0.39, 0.29) is 11.9 Å². The van der Waals surface area contributed by atoms with E-state index in [0.29, 0.717) is 11.5 Å². The van der Waals surface area contributed by atoms with Crippen molar-refractivity contribution in [3.8, 4) is 22.4 Å². The van der Waals surface area contributed by atoms with Crippen molar-refractivity contribution in [2.75, 3.05) is 5.32 Å². The molecule has 2 aromatic heterocycles. The van der Waals surface area contributed by atoms with E-state index >= 15 is 0 Å². The fourth-order valence-corrected chi connectivity index (χ4v) is 2.62. The van der Waals surface area contributed by atoms with E-state index in [1.165, 1.54) is 26.0 Å². The first-order chi connectivity index (χ1) is 13.1. The number of nitrogens with zero attached hydrogens (tertiary/aromatic N) is 3. The quantitative estimate of drug-likeness (QED) is 0.698. The summed E-state index contributed by atoms with van der Waals surface area (Å²) < 4.78 is 15.2. The average molecular weight is 382 g/mol. The zero-order chi connectivity index (χ0) is 20.5. The molecule has 6 nitrogen and oxygen atoms in total. The number of anilines is 1. The molecule has 0 saturated carbocycles. The molecule has 0 fully saturated rings. The highest BCUT2D eigenvalue weighted by Crippen LogP contribution is 2.33. The molecule has 0 saturated heterocycles. The molecule has 0 aliphatic heterocycles. The number of benzene rings is 1. The van der Waals surface area contributed by atoms with Gasteiger partial charge in [-0.15, -0.1) is 0 Å². The molecule has 1 amide bonds. The van der Waals surface area contributed by atoms with Crippen LogP contribution >= 0.6 is 0 Å². The molecule has 0 aliphatic rings. The van der Waals surface area contributed by atoms with Crippen molar-refractivity contribution >= 4 is 11.7 Å². The zero-order valence-corrected chi connectivity index (χ0v) is 16.3. The molecule has 0 unspecified atom stereocenters. The maximum atomic E-state index is 13.3. The molecule has 0 aliphatic carbocycles. The standard InChI is InChI=1S/C21H23FN4O2/c1-13(2)26-12-17(19(25-26)14-5-7-16(22)8-6-14)15-9-10-23-18(11-15)24-20(27)21(3,4)28/h5-13,28H,1-4H3,(H,23,24,27). The molecule has 7 heteroatoms. The summed E-state index contributed by atoms with van der Waals surface area (Å²) >= 11 is 0. The van der Waals surface area contributed by atoms with Gasteiger partial charge in [0.2, 0.25) is 0 Å². The Morgan fingerprint density at radius 2 is 1.86 bits per heavy atom. The third-order valence-corrected chi connectivity index (χ3v) is 4.25. The lowest BCUT2D eigenvalue weighted by atomic mass is 10.0. The molecule has 146 valence electrons. The number of hydrogen-bond acceptors (Lipinski definition) is 4. The Kier molecular flexibility index (Phi) is 5.29. The lowest BCUT2D eigenvalue weighted by molar-refractivity contribution is -0.130. The Labute approximate surface area is 163 Å². The third kappa shape index (κ3) is 4.26. The van der Waals surface area contributed by atoms with E-state index in [9.17, 15) is 14.3 Å². The lowest BCUT2D eigenvalue weighted by Gasteiger charge is -2.16. The van der Waals surface area contributed by atoms with Gasteiger partial charge in [0.15, 0.2) is 0 Å². The minimum Gasteiger partial charge on any atom is -0.381 e. The van der Waals surface area contributed by atoms with Crippen molar-refractivity contribution in [3.05, 3.63) is 54.6 Å². The van der Waals surface area contributed by atoms with Crippen LogP contribution in [0.15, 0.2) is 48.8 Å². The lowest BCUT2D eigenvalue weighted by Crippen LogP contribution is -2.36. The summed E-state index contributed by atoms with van der Waals surface area (Å²) in [5, 5.41) is 17.1. The van der Waals surface area contributed by atoms with Crippen LogP contribution in [-0.4, -0.2) is 31.4 Å². The van der Waals surface area contributed by atoms with Crippen molar-refractivity contribution in [1.29, 1.82) is 0 Å². The normalized spacial score (nSPS) is 11.7. The highest BCUT2D eigenvalue weighted by molar-refractivity contribution is 5.96. The molecule has 3 rings (SSSR count). The summed E-state index contributed by atoms with van der Waals surface area (Å²) in [6.45, 7) is 6.86. The summed E-state index contributed by atoms with van der Waals surface area (Å²) in [7, 11) is 0.